The van der Waals surface area contributed by atoms with Gasteiger partial charge in [-0.1, -0.05) is 18.2 Å². The van der Waals surface area contributed by atoms with Gasteiger partial charge in [-0.25, -0.2) is 0 Å². The van der Waals surface area contributed by atoms with E-state index in [1.807, 2.05) is 42.5 Å². The summed E-state index contributed by atoms with van der Waals surface area (Å²) in [5, 5.41) is 15.1. The molecule has 0 fully saturated rings. The molecule has 0 aliphatic rings. The fourth-order valence-corrected chi connectivity index (χ4v) is 2.20. The Morgan fingerprint density at radius 1 is 0.958 bits per heavy atom. The zero-order chi connectivity index (χ0) is 17.5. The van der Waals surface area contributed by atoms with E-state index >= 15 is 0 Å². The van der Waals surface area contributed by atoms with Gasteiger partial charge in [0, 0.05) is 17.1 Å². The van der Waals surface area contributed by atoms with Gasteiger partial charge in [-0.15, -0.1) is 0 Å². The molecular formula is C18H21N3O3. The summed E-state index contributed by atoms with van der Waals surface area (Å²) in [4.78, 5) is 24.6. The predicted octanol–water partition coefficient (Wildman–Crippen LogP) is 2.77. The van der Waals surface area contributed by atoms with E-state index < -0.39 is 12.0 Å². The third-order valence-electron chi connectivity index (χ3n) is 3.52. The predicted molar refractivity (Wildman–Crippen MR) is 94.5 cm³/mol. The van der Waals surface area contributed by atoms with Crippen molar-refractivity contribution in [1.82, 2.24) is 4.90 Å². The minimum absolute atomic E-state index is 0.105. The van der Waals surface area contributed by atoms with Crippen LogP contribution in [0.1, 0.15) is 6.42 Å². The number of carbonyl (C=O) groups is 2. The third kappa shape index (κ3) is 5.10. The molecule has 0 heterocycles. The van der Waals surface area contributed by atoms with Crippen LogP contribution in [0.15, 0.2) is 54.6 Å². The summed E-state index contributed by atoms with van der Waals surface area (Å²) in [6, 6.07) is 16.2. The van der Waals surface area contributed by atoms with Gasteiger partial charge in [0.1, 0.15) is 6.04 Å². The highest BCUT2D eigenvalue weighted by Crippen LogP contribution is 2.19. The Hall–Kier alpha value is -2.86. The van der Waals surface area contributed by atoms with Crippen LogP contribution in [0.3, 0.4) is 0 Å². The van der Waals surface area contributed by atoms with Crippen molar-refractivity contribution in [3.8, 4) is 0 Å². The van der Waals surface area contributed by atoms with E-state index in [2.05, 4.69) is 10.6 Å². The average molecular weight is 327 g/mol. The first kappa shape index (κ1) is 17.5. The van der Waals surface area contributed by atoms with Crippen LogP contribution < -0.4 is 10.6 Å². The van der Waals surface area contributed by atoms with Crippen molar-refractivity contribution in [2.75, 3.05) is 24.7 Å². The highest BCUT2D eigenvalue weighted by molar-refractivity contribution is 5.94. The standard InChI is InChI=1S/C18H21N3O3/c1-21(2)16(18(23)24)12-17(22)20-15-10-8-14(9-11-15)19-13-6-4-3-5-7-13/h3-11,16,19H,12H2,1-2H3,(H,20,22)(H,23,24). The smallest absolute Gasteiger partial charge is 0.321 e. The van der Waals surface area contributed by atoms with Crippen molar-refractivity contribution in [1.29, 1.82) is 0 Å². The molecule has 0 saturated heterocycles. The maximum Gasteiger partial charge on any atom is 0.321 e. The average Bonchev–Trinajstić information content (AvgIpc) is 2.55. The van der Waals surface area contributed by atoms with E-state index in [0.29, 0.717) is 5.69 Å². The van der Waals surface area contributed by atoms with Gasteiger partial charge in [-0.05, 0) is 50.5 Å². The van der Waals surface area contributed by atoms with E-state index in [9.17, 15) is 9.59 Å². The summed E-state index contributed by atoms with van der Waals surface area (Å²) >= 11 is 0. The maximum absolute atomic E-state index is 12.0. The lowest BCUT2D eigenvalue weighted by molar-refractivity contribution is -0.144. The van der Waals surface area contributed by atoms with Gasteiger partial charge in [0.2, 0.25) is 5.91 Å². The van der Waals surface area contributed by atoms with E-state index in [4.69, 9.17) is 5.11 Å². The zero-order valence-electron chi connectivity index (χ0n) is 13.7. The third-order valence-corrected chi connectivity index (χ3v) is 3.52. The number of para-hydroxylation sites is 1. The van der Waals surface area contributed by atoms with E-state index in [1.54, 1.807) is 26.2 Å². The molecular weight excluding hydrogens is 306 g/mol. The first-order valence-electron chi connectivity index (χ1n) is 7.57. The quantitative estimate of drug-likeness (QED) is 0.728. The van der Waals surface area contributed by atoms with Gasteiger partial charge in [0.15, 0.2) is 0 Å². The number of hydrogen-bond acceptors (Lipinski definition) is 4. The second kappa shape index (κ2) is 8.12. The van der Waals surface area contributed by atoms with Crippen molar-refractivity contribution >= 4 is 28.9 Å². The number of carbonyl (C=O) groups excluding carboxylic acids is 1. The zero-order valence-corrected chi connectivity index (χ0v) is 13.7. The Kier molecular flexibility index (Phi) is 5.92. The largest absolute Gasteiger partial charge is 0.480 e. The molecule has 0 aromatic heterocycles. The van der Waals surface area contributed by atoms with Crippen molar-refractivity contribution in [2.24, 2.45) is 0 Å². The molecule has 3 N–H and O–H groups in total. The molecule has 0 spiro atoms. The van der Waals surface area contributed by atoms with Crippen molar-refractivity contribution in [3.05, 3.63) is 54.6 Å². The van der Waals surface area contributed by atoms with E-state index in [1.165, 1.54) is 4.90 Å². The molecule has 0 aliphatic carbocycles. The first-order chi connectivity index (χ1) is 11.5. The number of anilines is 3. The summed E-state index contributed by atoms with van der Waals surface area (Å²) in [5.41, 5.74) is 2.50. The number of nitrogens with one attached hydrogen (secondary N) is 2. The Morgan fingerprint density at radius 3 is 2.04 bits per heavy atom. The highest BCUT2D eigenvalue weighted by atomic mass is 16.4. The minimum atomic E-state index is -1.02. The minimum Gasteiger partial charge on any atom is -0.480 e. The molecule has 6 heteroatoms. The van der Waals surface area contributed by atoms with Crippen LogP contribution in [0.2, 0.25) is 0 Å². The van der Waals surface area contributed by atoms with Gasteiger partial charge in [-0.3, -0.25) is 14.5 Å². The molecule has 126 valence electrons. The van der Waals surface area contributed by atoms with Crippen LogP contribution in [0.25, 0.3) is 0 Å². The van der Waals surface area contributed by atoms with Gasteiger partial charge in [0.05, 0.1) is 6.42 Å². The molecule has 0 aliphatic heterocycles. The number of rotatable bonds is 7. The molecule has 2 aromatic carbocycles. The summed E-state index contributed by atoms with van der Waals surface area (Å²) < 4.78 is 0. The Bertz CT molecular complexity index is 684. The highest BCUT2D eigenvalue weighted by Gasteiger charge is 2.23. The van der Waals surface area contributed by atoms with Gasteiger partial charge in [-0.2, -0.15) is 0 Å². The lowest BCUT2D eigenvalue weighted by atomic mass is 10.1. The van der Waals surface area contributed by atoms with Crippen LogP contribution >= 0.6 is 0 Å². The Balaban J connectivity index is 1.93. The van der Waals surface area contributed by atoms with Crippen LogP contribution in [-0.2, 0) is 9.59 Å². The van der Waals surface area contributed by atoms with Crippen molar-refractivity contribution < 1.29 is 14.7 Å². The lowest BCUT2D eigenvalue weighted by Gasteiger charge is -2.19. The Morgan fingerprint density at radius 2 is 1.50 bits per heavy atom. The molecule has 1 atom stereocenters. The topological polar surface area (TPSA) is 81.7 Å². The summed E-state index contributed by atoms with van der Waals surface area (Å²) in [6.45, 7) is 0. The SMILES string of the molecule is CN(C)C(CC(=O)Nc1ccc(Nc2ccccc2)cc1)C(=O)O. The number of nitrogens with zero attached hydrogens (tertiary/aromatic N) is 1. The number of benzene rings is 2. The molecule has 2 rings (SSSR count). The van der Waals surface area contributed by atoms with E-state index in [-0.39, 0.29) is 12.3 Å². The number of likely N-dealkylation sites (N-methyl/N-ethyl adjacent to an activating group) is 1. The number of hydrogen-bond donors (Lipinski definition) is 3. The van der Waals surface area contributed by atoms with Crippen molar-refractivity contribution in [2.45, 2.75) is 12.5 Å². The molecule has 1 unspecified atom stereocenters. The molecule has 1 amide bonds. The summed E-state index contributed by atoms with van der Waals surface area (Å²) in [6.07, 6.45) is -0.105. The van der Waals surface area contributed by atoms with Crippen LogP contribution in [-0.4, -0.2) is 42.0 Å². The molecule has 24 heavy (non-hydrogen) atoms. The summed E-state index contributed by atoms with van der Waals surface area (Å²) in [7, 11) is 3.27. The summed E-state index contributed by atoms with van der Waals surface area (Å²) in [5.74, 6) is -1.35. The number of aliphatic carboxylic acids is 1. The molecule has 2 aromatic rings. The molecule has 6 nitrogen and oxygen atoms in total. The number of carboxylic acid groups (broad SMARTS) is 1. The Labute approximate surface area is 141 Å². The molecule has 0 radical (unpaired) electrons. The van der Waals surface area contributed by atoms with E-state index in [0.717, 1.165) is 11.4 Å². The number of carboxylic acids is 1. The van der Waals surface area contributed by atoms with Gasteiger partial charge in [0.25, 0.3) is 0 Å². The molecule has 0 bridgehead atoms. The van der Waals surface area contributed by atoms with Gasteiger partial charge < -0.3 is 15.7 Å². The van der Waals surface area contributed by atoms with Crippen LogP contribution in [0.5, 0.6) is 0 Å². The second-order valence-electron chi connectivity index (χ2n) is 5.64. The fourth-order valence-electron chi connectivity index (χ4n) is 2.20. The normalized spacial score (nSPS) is 11.8. The fraction of sp³-hybridized carbons (Fsp3) is 0.222. The molecule has 0 saturated carbocycles. The van der Waals surface area contributed by atoms with Gasteiger partial charge >= 0.3 is 5.97 Å². The van der Waals surface area contributed by atoms with Crippen molar-refractivity contribution in [3.63, 3.8) is 0 Å². The maximum atomic E-state index is 12.0. The van der Waals surface area contributed by atoms with Crippen LogP contribution in [0, 0.1) is 0 Å². The number of amides is 1. The van der Waals surface area contributed by atoms with Crippen LogP contribution in [0.4, 0.5) is 17.1 Å². The lowest BCUT2D eigenvalue weighted by Crippen LogP contribution is -2.38. The first-order valence-corrected chi connectivity index (χ1v) is 7.57. The second-order valence-corrected chi connectivity index (χ2v) is 5.64. The monoisotopic (exact) mass is 327 g/mol.